The van der Waals surface area contributed by atoms with Gasteiger partial charge in [0.1, 0.15) is 6.67 Å². The Balaban J connectivity index is 2.66. The van der Waals surface area contributed by atoms with Gasteiger partial charge in [-0.05, 0) is 12.9 Å². The van der Waals surface area contributed by atoms with Crippen molar-refractivity contribution in [1.82, 2.24) is 5.32 Å². The fourth-order valence-electron chi connectivity index (χ4n) is 0.129. The quantitative estimate of drug-likeness (QED) is 0.388. The van der Waals surface area contributed by atoms with Crippen molar-refractivity contribution in [3.8, 4) is 0 Å². The predicted molar refractivity (Wildman–Crippen MR) is 27.7 cm³/mol. The first-order valence-corrected chi connectivity index (χ1v) is 1.68. The standard InChI is InChI=1S/C4H8N2/c1-3-6-4-5-2/h3,6H,1-2,4H2. The van der Waals surface area contributed by atoms with Crippen LogP contribution in [0.15, 0.2) is 17.8 Å². The average Bonchev–Trinajstić information content (AvgIpc) is 1.61. The van der Waals surface area contributed by atoms with Gasteiger partial charge in [0.2, 0.25) is 0 Å². The van der Waals surface area contributed by atoms with E-state index in [-0.39, 0.29) is 0 Å². The Bertz CT molecular complexity index is 41.5. The summed E-state index contributed by atoms with van der Waals surface area (Å²) in [5.74, 6) is 0. The number of hydrogen-bond donors (Lipinski definition) is 1. The Morgan fingerprint density at radius 1 is 1.83 bits per heavy atom. The summed E-state index contributed by atoms with van der Waals surface area (Å²) in [4.78, 5) is 3.49. The molecule has 0 aliphatic carbocycles. The fourth-order valence-corrected chi connectivity index (χ4v) is 0.129. The molecule has 0 amide bonds. The number of rotatable bonds is 3. The third kappa shape index (κ3) is 3.21. The monoisotopic (exact) mass is 84.1 g/mol. The van der Waals surface area contributed by atoms with Crippen molar-refractivity contribution in [3.63, 3.8) is 0 Å². The molecule has 0 saturated carbocycles. The topological polar surface area (TPSA) is 24.4 Å². The molecule has 0 spiro atoms. The Labute approximate surface area is 37.6 Å². The lowest BCUT2D eigenvalue weighted by Crippen LogP contribution is -2.01. The highest BCUT2D eigenvalue weighted by atomic mass is 15.0. The lowest BCUT2D eigenvalue weighted by molar-refractivity contribution is 0.894. The molecule has 0 atom stereocenters. The molecule has 6 heavy (non-hydrogen) atoms. The Morgan fingerprint density at radius 2 is 2.50 bits per heavy atom. The zero-order valence-electron chi connectivity index (χ0n) is 3.65. The van der Waals surface area contributed by atoms with Crippen LogP contribution in [0.4, 0.5) is 0 Å². The molecule has 0 aromatic heterocycles. The largest absolute Gasteiger partial charge is 0.373 e. The van der Waals surface area contributed by atoms with Gasteiger partial charge < -0.3 is 5.32 Å². The Hall–Kier alpha value is -0.790. The summed E-state index contributed by atoms with van der Waals surface area (Å²) < 4.78 is 0. The molecule has 0 radical (unpaired) electrons. The molecule has 0 saturated heterocycles. The first-order chi connectivity index (χ1) is 2.91. The summed E-state index contributed by atoms with van der Waals surface area (Å²) in [5, 5.41) is 2.73. The second-order valence-electron chi connectivity index (χ2n) is 0.790. The highest BCUT2D eigenvalue weighted by molar-refractivity contribution is 5.22. The minimum absolute atomic E-state index is 0.559. The summed E-state index contributed by atoms with van der Waals surface area (Å²) in [6, 6.07) is 0. The molecule has 1 N–H and O–H groups in total. The van der Waals surface area contributed by atoms with Crippen LogP contribution in [-0.2, 0) is 0 Å². The molecule has 2 nitrogen and oxygen atoms in total. The highest BCUT2D eigenvalue weighted by Crippen LogP contribution is 1.53. The molecule has 0 aromatic carbocycles. The molecule has 0 heterocycles. The van der Waals surface area contributed by atoms with Crippen LogP contribution in [0.3, 0.4) is 0 Å². The van der Waals surface area contributed by atoms with Crippen LogP contribution in [0.5, 0.6) is 0 Å². The minimum Gasteiger partial charge on any atom is -0.373 e. The van der Waals surface area contributed by atoms with Gasteiger partial charge in [-0.3, -0.25) is 4.99 Å². The van der Waals surface area contributed by atoms with Gasteiger partial charge in [0.05, 0.1) is 0 Å². The van der Waals surface area contributed by atoms with Crippen molar-refractivity contribution in [2.75, 3.05) is 6.67 Å². The van der Waals surface area contributed by atoms with Crippen LogP contribution in [0.2, 0.25) is 0 Å². The van der Waals surface area contributed by atoms with Crippen LogP contribution >= 0.6 is 0 Å². The first kappa shape index (κ1) is 5.21. The van der Waals surface area contributed by atoms with Crippen LogP contribution in [0.1, 0.15) is 0 Å². The van der Waals surface area contributed by atoms with E-state index in [4.69, 9.17) is 0 Å². The summed E-state index contributed by atoms with van der Waals surface area (Å²) >= 11 is 0. The van der Waals surface area contributed by atoms with Crippen molar-refractivity contribution in [2.24, 2.45) is 4.99 Å². The third-order valence-electron chi connectivity index (χ3n) is 0.347. The van der Waals surface area contributed by atoms with Crippen molar-refractivity contribution in [3.05, 3.63) is 12.8 Å². The molecule has 0 aliphatic rings. The lowest BCUT2D eigenvalue weighted by Gasteiger charge is -1.85. The van der Waals surface area contributed by atoms with Crippen molar-refractivity contribution in [2.45, 2.75) is 0 Å². The molecular weight excluding hydrogens is 76.1 g/mol. The summed E-state index contributed by atoms with van der Waals surface area (Å²) in [6.45, 7) is 7.20. The molecule has 0 bridgehead atoms. The maximum Gasteiger partial charge on any atom is 0.106 e. The van der Waals surface area contributed by atoms with Gasteiger partial charge in [0, 0.05) is 0 Å². The van der Waals surface area contributed by atoms with Crippen LogP contribution < -0.4 is 5.32 Å². The number of aliphatic imine (C=N–C) groups is 1. The second kappa shape index (κ2) is 4.21. The van der Waals surface area contributed by atoms with E-state index in [9.17, 15) is 0 Å². The van der Waals surface area contributed by atoms with E-state index in [1.807, 2.05) is 0 Å². The average molecular weight is 84.1 g/mol. The first-order valence-electron chi connectivity index (χ1n) is 1.68. The van der Waals surface area contributed by atoms with E-state index in [0.29, 0.717) is 6.67 Å². The summed E-state index contributed by atoms with van der Waals surface area (Å²) in [5.41, 5.74) is 0. The molecule has 34 valence electrons. The summed E-state index contributed by atoms with van der Waals surface area (Å²) in [7, 11) is 0. The lowest BCUT2D eigenvalue weighted by atomic mass is 10.9. The zero-order chi connectivity index (χ0) is 4.83. The molecule has 0 fully saturated rings. The van der Waals surface area contributed by atoms with Crippen molar-refractivity contribution < 1.29 is 0 Å². The molecule has 0 aromatic rings. The van der Waals surface area contributed by atoms with Crippen LogP contribution in [0.25, 0.3) is 0 Å². The van der Waals surface area contributed by atoms with E-state index in [2.05, 4.69) is 23.6 Å². The van der Waals surface area contributed by atoms with E-state index in [1.54, 1.807) is 6.20 Å². The molecular formula is C4H8N2. The number of nitrogens with one attached hydrogen (secondary N) is 1. The number of hydrogen-bond acceptors (Lipinski definition) is 2. The van der Waals surface area contributed by atoms with Gasteiger partial charge in [-0.15, -0.1) is 0 Å². The van der Waals surface area contributed by atoms with Gasteiger partial charge in [0.15, 0.2) is 0 Å². The molecule has 0 aliphatic heterocycles. The van der Waals surface area contributed by atoms with E-state index in [0.717, 1.165) is 0 Å². The van der Waals surface area contributed by atoms with Crippen molar-refractivity contribution >= 4 is 6.72 Å². The van der Waals surface area contributed by atoms with Crippen molar-refractivity contribution in [1.29, 1.82) is 0 Å². The van der Waals surface area contributed by atoms with Gasteiger partial charge >= 0.3 is 0 Å². The maximum absolute atomic E-state index is 3.49. The van der Waals surface area contributed by atoms with Crippen LogP contribution in [0, 0.1) is 0 Å². The predicted octanol–water partition coefficient (Wildman–Crippen LogP) is 0.378. The smallest absolute Gasteiger partial charge is 0.106 e. The van der Waals surface area contributed by atoms with Crippen LogP contribution in [-0.4, -0.2) is 13.4 Å². The normalized spacial score (nSPS) is 6.67. The molecule has 0 rings (SSSR count). The highest BCUT2D eigenvalue weighted by Gasteiger charge is 1.59. The van der Waals surface area contributed by atoms with Gasteiger partial charge in [-0.2, -0.15) is 0 Å². The SMILES string of the molecule is C=CNCN=C. The minimum atomic E-state index is 0.559. The zero-order valence-corrected chi connectivity index (χ0v) is 3.65. The van der Waals surface area contributed by atoms with E-state index < -0.39 is 0 Å². The third-order valence-corrected chi connectivity index (χ3v) is 0.347. The van der Waals surface area contributed by atoms with E-state index >= 15 is 0 Å². The molecule has 2 heteroatoms. The second-order valence-corrected chi connectivity index (χ2v) is 0.790. The molecule has 0 unspecified atom stereocenters. The van der Waals surface area contributed by atoms with E-state index in [1.165, 1.54) is 0 Å². The van der Waals surface area contributed by atoms with Gasteiger partial charge in [-0.1, -0.05) is 6.58 Å². The fraction of sp³-hybridized carbons (Fsp3) is 0.250. The summed E-state index contributed by atoms with van der Waals surface area (Å²) in [6.07, 6.45) is 1.58. The van der Waals surface area contributed by atoms with Gasteiger partial charge in [-0.25, -0.2) is 0 Å². The maximum atomic E-state index is 3.49. The Kier molecular flexibility index (Phi) is 3.66. The van der Waals surface area contributed by atoms with Gasteiger partial charge in [0.25, 0.3) is 0 Å². The Morgan fingerprint density at radius 3 is 2.67 bits per heavy atom. The number of nitrogens with zero attached hydrogens (tertiary/aromatic N) is 1.